The number of carbonyl (C=O) groups excluding carboxylic acids is 1. The highest BCUT2D eigenvalue weighted by atomic mass is 32.2. The molecule has 1 N–H and O–H groups in total. The minimum absolute atomic E-state index is 0.0490. The standard InChI is InChI=1S/C20H20N4O3S2/c25-20(24-13-11-23(12-14-24)18-7-9-21-10-8-18)16-3-5-17(6-4-16)22-29(26,27)19-2-1-15-28-19/h1-10,15,22H,11-14H2. The predicted molar refractivity (Wildman–Crippen MR) is 114 cm³/mol. The van der Waals surface area contributed by atoms with Crippen LogP contribution in [0.1, 0.15) is 10.4 Å². The van der Waals surface area contributed by atoms with Crippen LogP contribution < -0.4 is 9.62 Å². The Bertz CT molecular complexity index is 1060. The predicted octanol–water partition coefficient (Wildman–Crippen LogP) is 2.91. The first-order valence-electron chi connectivity index (χ1n) is 9.13. The van der Waals surface area contributed by atoms with E-state index in [2.05, 4.69) is 14.6 Å². The van der Waals surface area contributed by atoms with Crippen molar-refractivity contribution in [2.45, 2.75) is 4.21 Å². The molecule has 29 heavy (non-hydrogen) atoms. The molecule has 1 aliphatic heterocycles. The van der Waals surface area contributed by atoms with Gasteiger partial charge in [0.05, 0.1) is 0 Å². The summed E-state index contributed by atoms with van der Waals surface area (Å²) in [4.78, 5) is 20.9. The molecule has 150 valence electrons. The summed E-state index contributed by atoms with van der Waals surface area (Å²) < 4.78 is 27.4. The van der Waals surface area contributed by atoms with Gasteiger partial charge in [-0.25, -0.2) is 8.42 Å². The number of nitrogens with one attached hydrogen (secondary N) is 1. The summed E-state index contributed by atoms with van der Waals surface area (Å²) in [7, 11) is -3.59. The molecule has 3 heterocycles. The number of amides is 1. The quantitative estimate of drug-likeness (QED) is 0.676. The molecule has 1 amide bonds. The Morgan fingerprint density at radius 3 is 2.28 bits per heavy atom. The molecule has 3 aromatic rings. The molecule has 0 unspecified atom stereocenters. The van der Waals surface area contributed by atoms with Gasteiger partial charge in [-0.2, -0.15) is 0 Å². The third-order valence-electron chi connectivity index (χ3n) is 4.74. The lowest BCUT2D eigenvalue weighted by Crippen LogP contribution is -2.48. The van der Waals surface area contributed by atoms with Crippen molar-refractivity contribution in [2.24, 2.45) is 0 Å². The van der Waals surface area contributed by atoms with Crippen molar-refractivity contribution in [2.75, 3.05) is 35.8 Å². The minimum atomic E-state index is -3.59. The molecular formula is C20H20N4O3S2. The smallest absolute Gasteiger partial charge is 0.271 e. The number of benzene rings is 1. The van der Waals surface area contributed by atoms with Crippen LogP contribution in [0, 0.1) is 0 Å². The molecule has 1 saturated heterocycles. The van der Waals surface area contributed by atoms with Crippen molar-refractivity contribution in [3.05, 3.63) is 71.9 Å². The highest BCUT2D eigenvalue weighted by Gasteiger charge is 2.22. The molecule has 0 spiro atoms. The van der Waals surface area contributed by atoms with Gasteiger partial charge in [-0.1, -0.05) is 6.07 Å². The van der Waals surface area contributed by atoms with E-state index in [0.29, 0.717) is 24.3 Å². The fourth-order valence-electron chi connectivity index (χ4n) is 3.21. The number of hydrogen-bond acceptors (Lipinski definition) is 6. The van der Waals surface area contributed by atoms with E-state index in [-0.39, 0.29) is 10.1 Å². The summed E-state index contributed by atoms with van der Waals surface area (Å²) in [5.41, 5.74) is 2.08. The van der Waals surface area contributed by atoms with Crippen LogP contribution in [0.4, 0.5) is 11.4 Å². The molecule has 1 aromatic carbocycles. The monoisotopic (exact) mass is 428 g/mol. The third-order valence-corrected chi connectivity index (χ3v) is 7.52. The van der Waals surface area contributed by atoms with Gasteiger partial charge in [-0.05, 0) is 47.8 Å². The molecule has 0 saturated carbocycles. The Morgan fingerprint density at radius 2 is 1.66 bits per heavy atom. The SMILES string of the molecule is O=C(c1ccc(NS(=O)(=O)c2cccs2)cc1)N1CCN(c2ccncc2)CC1. The molecular weight excluding hydrogens is 408 g/mol. The zero-order valence-corrected chi connectivity index (χ0v) is 17.2. The second-order valence-electron chi connectivity index (χ2n) is 6.60. The van der Waals surface area contributed by atoms with E-state index in [9.17, 15) is 13.2 Å². The second kappa shape index (κ2) is 8.22. The topological polar surface area (TPSA) is 82.6 Å². The minimum Gasteiger partial charge on any atom is -0.368 e. The summed E-state index contributed by atoms with van der Waals surface area (Å²) in [5, 5.41) is 1.71. The van der Waals surface area contributed by atoms with Gasteiger partial charge < -0.3 is 9.80 Å². The molecule has 0 aliphatic carbocycles. The highest BCUT2D eigenvalue weighted by molar-refractivity contribution is 7.94. The number of aromatic nitrogens is 1. The normalized spacial score (nSPS) is 14.6. The number of nitrogens with zero attached hydrogens (tertiary/aromatic N) is 3. The summed E-state index contributed by atoms with van der Waals surface area (Å²) in [6.07, 6.45) is 3.53. The average Bonchev–Trinajstić information content (AvgIpc) is 3.30. The lowest BCUT2D eigenvalue weighted by atomic mass is 10.1. The highest BCUT2D eigenvalue weighted by Crippen LogP contribution is 2.21. The molecule has 0 atom stereocenters. The fourth-order valence-corrected chi connectivity index (χ4v) is 5.26. The number of piperazine rings is 1. The van der Waals surface area contributed by atoms with E-state index < -0.39 is 10.0 Å². The molecule has 9 heteroatoms. The zero-order valence-electron chi connectivity index (χ0n) is 15.6. The lowest BCUT2D eigenvalue weighted by Gasteiger charge is -2.36. The van der Waals surface area contributed by atoms with E-state index in [1.807, 2.05) is 17.0 Å². The molecule has 1 aliphatic rings. The van der Waals surface area contributed by atoms with Crippen LogP contribution in [0.2, 0.25) is 0 Å². The average molecular weight is 429 g/mol. The molecule has 0 radical (unpaired) electrons. The number of thiophene rings is 1. The van der Waals surface area contributed by atoms with Crippen LogP contribution in [0.15, 0.2) is 70.5 Å². The fraction of sp³-hybridized carbons (Fsp3) is 0.200. The molecule has 2 aromatic heterocycles. The van der Waals surface area contributed by atoms with Crippen molar-refractivity contribution in [1.29, 1.82) is 0 Å². The van der Waals surface area contributed by atoms with Crippen LogP contribution in [-0.2, 0) is 10.0 Å². The van der Waals surface area contributed by atoms with E-state index in [0.717, 1.165) is 30.1 Å². The van der Waals surface area contributed by atoms with Gasteiger partial charge >= 0.3 is 0 Å². The maximum atomic E-state index is 12.8. The Morgan fingerprint density at radius 1 is 0.966 bits per heavy atom. The van der Waals surface area contributed by atoms with Gasteiger partial charge in [0.2, 0.25) is 0 Å². The van der Waals surface area contributed by atoms with Crippen molar-refractivity contribution >= 4 is 38.6 Å². The zero-order chi connectivity index (χ0) is 20.3. The van der Waals surface area contributed by atoms with Gasteiger partial charge in [0.25, 0.3) is 15.9 Å². The van der Waals surface area contributed by atoms with Crippen LogP contribution in [0.5, 0.6) is 0 Å². The van der Waals surface area contributed by atoms with Gasteiger partial charge in [0, 0.05) is 55.5 Å². The molecule has 7 nitrogen and oxygen atoms in total. The number of hydrogen-bond donors (Lipinski definition) is 1. The van der Waals surface area contributed by atoms with Crippen LogP contribution >= 0.6 is 11.3 Å². The first-order chi connectivity index (χ1) is 14.0. The summed E-state index contributed by atoms with van der Waals surface area (Å²) >= 11 is 1.16. The van der Waals surface area contributed by atoms with Crippen molar-refractivity contribution in [1.82, 2.24) is 9.88 Å². The lowest BCUT2D eigenvalue weighted by molar-refractivity contribution is 0.0747. The van der Waals surface area contributed by atoms with Crippen molar-refractivity contribution in [3.63, 3.8) is 0 Å². The summed E-state index contributed by atoms with van der Waals surface area (Å²) in [5.74, 6) is -0.0490. The Labute approximate surface area is 173 Å². The van der Waals surface area contributed by atoms with Gasteiger partial charge in [0.15, 0.2) is 0 Å². The molecule has 0 bridgehead atoms. The number of carbonyl (C=O) groups is 1. The Kier molecular flexibility index (Phi) is 5.50. The van der Waals surface area contributed by atoms with E-state index in [1.54, 1.807) is 54.2 Å². The van der Waals surface area contributed by atoms with Crippen molar-refractivity contribution in [3.8, 4) is 0 Å². The maximum absolute atomic E-state index is 12.8. The van der Waals surface area contributed by atoms with Crippen LogP contribution in [0.25, 0.3) is 0 Å². The number of pyridine rings is 1. The largest absolute Gasteiger partial charge is 0.368 e. The second-order valence-corrected chi connectivity index (χ2v) is 9.46. The van der Waals surface area contributed by atoms with Crippen molar-refractivity contribution < 1.29 is 13.2 Å². The number of sulfonamides is 1. The number of anilines is 2. The van der Waals surface area contributed by atoms with E-state index in [4.69, 9.17) is 0 Å². The summed E-state index contributed by atoms with van der Waals surface area (Å²) in [6, 6.07) is 13.7. The third kappa shape index (κ3) is 4.41. The van der Waals surface area contributed by atoms with Gasteiger partial charge in [-0.3, -0.25) is 14.5 Å². The molecule has 4 rings (SSSR count). The van der Waals surface area contributed by atoms with E-state index >= 15 is 0 Å². The van der Waals surface area contributed by atoms with Gasteiger partial charge in [0.1, 0.15) is 4.21 Å². The number of rotatable bonds is 5. The summed E-state index contributed by atoms with van der Waals surface area (Å²) in [6.45, 7) is 2.78. The maximum Gasteiger partial charge on any atom is 0.271 e. The van der Waals surface area contributed by atoms with E-state index in [1.165, 1.54) is 0 Å². The first kappa shape index (κ1) is 19.4. The Hall–Kier alpha value is -2.91. The first-order valence-corrected chi connectivity index (χ1v) is 11.5. The van der Waals surface area contributed by atoms with Crippen LogP contribution in [-0.4, -0.2) is 50.4 Å². The van der Waals surface area contributed by atoms with Gasteiger partial charge in [-0.15, -0.1) is 11.3 Å². The molecule has 1 fully saturated rings. The van der Waals surface area contributed by atoms with Crippen LogP contribution in [0.3, 0.4) is 0 Å². The Balaban J connectivity index is 1.37.